The monoisotopic (exact) mass is 298 g/mol. The third kappa shape index (κ3) is 3.66. The van der Waals surface area contributed by atoms with Crippen LogP contribution in [-0.2, 0) is 18.3 Å². The molecule has 20 heavy (non-hydrogen) atoms. The third-order valence-corrected chi connectivity index (χ3v) is 4.15. The van der Waals surface area contributed by atoms with E-state index >= 15 is 0 Å². The van der Waals surface area contributed by atoms with E-state index in [0.29, 0.717) is 25.3 Å². The number of carboxylic acid groups (broad SMARTS) is 1. The van der Waals surface area contributed by atoms with Crippen LogP contribution in [0.2, 0.25) is 0 Å². The molecule has 0 spiro atoms. The van der Waals surface area contributed by atoms with Crippen molar-refractivity contribution in [1.82, 2.24) is 20.0 Å². The largest absolute Gasteiger partial charge is 0.480 e. The van der Waals surface area contributed by atoms with Crippen molar-refractivity contribution in [3.8, 4) is 0 Å². The highest BCUT2D eigenvalue weighted by Gasteiger charge is 2.32. The Kier molecular flexibility index (Phi) is 4.89. The number of aliphatic carboxylic acids is 1. The number of carbonyl (C=O) groups is 2. The lowest BCUT2D eigenvalue weighted by Crippen LogP contribution is -2.54. The number of aromatic nitrogens is 2. The number of rotatable bonds is 4. The second-order valence-electron chi connectivity index (χ2n) is 4.63. The molecule has 1 aromatic rings. The average Bonchev–Trinajstić information content (AvgIpc) is 2.84. The molecule has 1 aromatic heterocycles. The van der Waals surface area contributed by atoms with Crippen LogP contribution in [0.25, 0.3) is 0 Å². The van der Waals surface area contributed by atoms with E-state index in [1.807, 2.05) is 13.2 Å². The summed E-state index contributed by atoms with van der Waals surface area (Å²) in [5.74, 6) is 0.283. The second kappa shape index (κ2) is 6.65. The van der Waals surface area contributed by atoms with E-state index in [9.17, 15) is 9.59 Å². The van der Waals surface area contributed by atoms with Crippen molar-refractivity contribution in [2.24, 2.45) is 7.05 Å². The zero-order chi connectivity index (χ0) is 14.5. The van der Waals surface area contributed by atoms with Crippen molar-refractivity contribution < 1.29 is 14.7 Å². The molecule has 0 bridgehead atoms. The number of aryl methyl sites for hydroxylation is 1. The van der Waals surface area contributed by atoms with Gasteiger partial charge in [0.1, 0.15) is 6.04 Å². The highest BCUT2D eigenvalue weighted by atomic mass is 32.2. The van der Waals surface area contributed by atoms with Crippen molar-refractivity contribution in [2.75, 3.05) is 24.6 Å². The summed E-state index contributed by atoms with van der Waals surface area (Å²) in [7, 11) is 1.84. The van der Waals surface area contributed by atoms with Crippen molar-refractivity contribution in [3.05, 3.63) is 18.0 Å². The van der Waals surface area contributed by atoms with Crippen LogP contribution < -0.4 is 5.32 Å². The SMILES string of the molecule is Cn1cc(CCNC(=O)N2CCSCC2C(=O)O)cn1. The maximum absolute atomic E-state index is 12.0. The van der Waals surface area contributed by atoms with Crippen LogP contribution in [0, 0.1) is 0 Å². The van der Waals surface area contributed by atoms with Gasteiger partial charge in [-0.3, -0.25) is 4.68 Å². The molecule has 2 N–H and O–H groups in total. The van der Waals surface area contributed by atoms with E-state index in [-0.39, 0.29) is 6.03 Å². The van der Waals surface area contributed by atoms with Crippen molar-refractivity contribution in [3.63, 3.8) is 0 Å². The van der Waals surface area contributed by atoms with Gasteiger partial charge in [0.25, 0.3) is 0 Å². The molecule has 1 atom stereocenters. The molecule has 2 heterocycles. The van der Waals surface area contributed by atoms with Gasteiger partial charge in [-0.25, -0.2) is 9.59 Å². The summed E-state index contributed by atoms with van der Waals surface area (Å²) in [6, 6.07) is -1.03. The first-order valence-corrected chi connectivity index (χ1v) is 7.56. The lowest BCUT2D eigenvalue weighted by Gasteiger charge is -2.32. The van der Waals surface area contributed by atoms with E-state index in [1.165, 1.54) is 4.90 Å². The minimum atomic E-state index is -0.945. The van der Waals surface area contributed by atoms with E-state index < -0.39 is 12.0 Å². The Morgan fingerprint density at radius 2 is 2.40 bits per heavy atom. The molecule has 1 fully saturated rings. The van der Waals surface area contributed by atoms with Gasteiger partial charge in [-0.05, 0) is 12.0 Å². The van der Waals surface area contributed by atoms with Gasteiger partial charge in [-0.15, -0.1) is 0 Å². The summed E-state index contributed by atoms with van der Waals surface area (Å²) < 4.78 is 1.71. The van der Waals surface area contributed by atoms with Gasteiger partial charge in [0.15, 0.2) is 0 Å². The fourth-order valence-electron chi connectivity index (χ4n) is 2.07. The summed E-state index contributed by atoms with van der Waals surface area (Å²) in [4.78, 5) is 24.6. The number of thioether (sulfide) groups is 1. The molecule has 8 heteroatoms. The van der Waals surface area contributed by atoms with Crippen LogP contribution in [0.5, 0.6) is 0 Å². The minimum absolute atomic E-state index is 0.304. The lowest BCUT2D eigenvalue weighted by atomic mass is 10.2. The van der Waals surface area contributed by atoms with Gasteiger partial charge in [-0.2, -0.15) is 16.9 Å². The van der Waals surface area contributed by atoms with Gasteiger partial charge in [0.2, 0.25) is 0 Å². The fourth-order valence-corrected chi connectivity index (χ4v) is 3.11. The van der Waals surface area contributed by atoms with E-state index in [1.54, 1.807) is 22.6 Å². The smallest absolute Gasteiger partial charge is 0.327 e. The fraction of sp³-hybridized carbons (Fsp3) is 0.583. The molecule has 2 rings (SSSR count). The first-order chi connectivity index (χ1) is 9.58. The molecule has 110 valence electrons. The number of amides is 2. The molecule has 0 saturated carbocycles. The van der Waals surface area contributed by atoms with Crippen LogP contribution >= 0.6 is 11.8 Å². The Labute approximate surface area is 121 Å². The number of urea groups is 1. The molecule has 0 aromatic carbocycles. The third-order valence-electron chi connectivity index (χ3n) is 3.12. The summed E-state index contributed by atoms with van der Waals surface area (Å²) in [5.41, 5.74) is 1.04. The number of nitrogens with zero attached hydrogens (tertiary/aromatic N) is 3. The maximum Gasteiger partial charge on any atom is 0.327 e. The molecule has 0 radical (unpaired) electrons. The van der Waals surface area contributed by atoms with Crippen molar-refractivity contribution >= 4 is 23.8 Å². The van der Waals surface area contributed by atoms with E-state index in [4.69, 9.17) is 5.11 Å². The van der Waals surface area contributed by atoms with Gasteiger partial charge < -0.3 is 15.3 Å². The summed E-state index contributed by atoms with van der Waals surface area (Å²) in [6.45, 7) is 0.945. The molecule has 1 aliphatic heterocycles. The number of carboxylic acids is 1. The lowest BCUT2D eigenvalue weighted by molar-refractivity contribution is -0.141. The molecule has 1 saturated heterocycles. The topological polar surface area (TPSA) is 87.5 Å². The highest BCUT2D eigenvalue weighted by Crippen LogP contribution is 2.16. The Bertz CT molecular complexity index is 491. The van der Waals surface area contributed by atoms with Crippen LogP contribution in [-0.4, -0.2) is 62.4 Å². The second-order valence-corrected chi connectivity index (χ2v) is 5.78. The maximum atomic E-state index is 12.0. The molecule has 2 amide bonds. The minimum Gasteiger partial charge on any atom is -0.480 e. The van der Waals surface area contributed by atoms with Crippen LogP contribution in [0.4, 0.5) is 4.79 Å². The van der Waals surface area contributed by atoms with E-state index in [2.05, 4.69) is 10.4 Å². The summed E-state index contributed by atoms with van der Waals surface area (Å²) >= 11 is 1.56. The van der Waals surface area contributed by atoms with Crippen LogP contribution in [0.3, 0.4) is 0 Å². The number of carbonyl (C=O) groups excluding carboxylic acids is 1. The quantitative estimate of drug-likeness (QED) is 0.827. The average molecular weight is 298 g/mol. The number of nitrogens with one attached hydrogen (secondary N) is 1. The highest BCUT2D eigenvalue weighted by molar-refractivity contribution is 7.99. The summed E-state index contributed by atoms with van der Waals surface area (Å²) in [6.07, 6.45) is 4.33. The van der Waals surface area contributed by atoms with E-state index in [0.717, 1.165) is 11.3 Å². The predicted molar refractivity (Wildman–Crippen MR) is 75.8 cm³/mol. The zero-order valence-electron chi connectivity index (χ0n) is 11.3. The standard InChI is InChI=1S/C12H18N4O3S/c1-15-7-9(6-14-15)2-3-13-12(19)16-4-5-20-8-10(16)11(17)18/h6-7,10H,2-5,8H2,1H3,(H,13,19)(H,17,18). The molecule has 1 aliphatic rings. The predicted octanol–water partition coefficient (Wildman–Crippen LogP) is 0.174. The first kappa shape index (κ1) is 14.7. The first-order valence-electron chi connectivity index (χ1n) is 6.40. The van der Waals surface area contributed by atoms with Crippen LogP contribution in [0.15, 0.2) is 12.4 Å². The van der Waals surface area contributed by atoms with Gasteiger partial charge in [0, 0.05) is 37.8 Å². The summed E-state index contributed by atoms with van der Waals surface area (Å²) in [5, 5.41) is 15.9. The number of hydrogen-bond donors (Lipinski definition) is 2. The van der Waals surface area contributed by atoms with Gasteiger partial charge in [-0.1, -0.05) is 0 Å². The number of hydrogen-bond acceptors (Lipinski definition) is 4. The molecular weight excluding hydrogens is 280 g/mol. The molecule has 1 unspecified atom stereocenters. The Morgan fingerprint density at radius 1 is 1.60 bits per heavy atom. The van der Waals surface area contributed by atoms with Crippen LogP contribution in [0.1, 0.15) is 5.56 Å². The molecule has 0 aliphatic carbocycles. The Hall–Kier alpha value is -1.70. The molecule has 7 nitrogen and oxygen atoms in total. The Balaban J connectivity index is 1.82. The zero-order valence-corrected chi connectivity index (χ0v) is 12.1. The Morgan fingerprint density at radius 3 is 3.05 bits per heavy atom. The van der Waals surface area contributed by atoms with Gasteiger partial charge in [0.05, 0.1) is 6.20 Å². The van der Waals surface area contributed by atoms with Gasteiger partial charge >= 0.3 is 12.0 Å². The van der Waals surface area contributed by atoms with Crippen molar-refractivity contribution in [1.29, 1.82) is 0 Å². The molecular formula is C12H18N4O3S. The normalized spacial score (nSPS) is 18.9. The van der Waals surface area contributed by atoms with Crippen molar-refractivity contribution in [2.45, 2.75) is 12.5 Å².